The van der Waals surface area contributed by atoms with Crippen LogP contribution in [0, 0.1) is 22.7 Å². The van der Waals surface area contributed by atoms with Crippen molar-refractivity contribution in [3.8, 4) is 0 Å². The maximum absolute atomic E-state index is 13.0. The van der Waals surface area contributed by atoms with E-state index in [1.807, 2.05) is 11.9 Å². The van der Waals surface area contributed by atoms with Crippen LogP contribution < -0.4 is 5.73 Å². The molecule has 4 bridgehead atoms. The number of nitrogens with zero attached hydrogens (tertiary/aromatic N) is 1. The summed E-state index contributed by atoms with van der Waals surface area (Å²) in [5, 5.41) is 0. The third kappa shape index (κ3) is 2.01. The Bertz CT molecular complexity index is 378. The first-order chi connectivity index (χ1) is 8.87. The van der Waals surface area contributed by atoms with Crippen molar-refractivity contribution in [2.45, 2.75) is 58.4 Å². The zero-order valence-electron chi connectivity index (χ0n) is 12.6. The van der Waals surface area contributed by atoms with Gasteiger partial charge in [0.2, 0.25) is 5.91 Å². The molecule has 4 aliphatic rings. The quantitative estimate of drug-likeness (QED) is 0.851. The van der Waals surface area contributed by atoms with Crippen molar-refractivity contribution in [1.82, 2.24) is 4.90 Å². The number of hydrogen-bond donors (Lipinski definition) is 1. The molecular weight excluding hydrogens is 236 g/mol. The highest BCUT2D eigenvalue weighted by molar-refractivity contribution is 5.83. The van der Waals surface area contributed by atoms with Gasteiger partial charge in [-0.05, 0) is 62.7 Å². The Morgan fingerprint density at radius 1 is 1.32 bits per heavy atom. The monoisotopic (exact) mass is 264 g/mol. The standard InChI is InChI=1S/C16H28N2O/c1-11(9-17)18(3)14(19)16-7-12-4-13(8-16)6-15(2,5-12)10-16/h11-13H,4-10,17H2,1-3H3. The van der Waals surface area contributed by atoms with Crippen LogP contribution in [0.5, 0.6) is 0 Å². The third-order valence-corrected chi connectivity index (χ3v) is 6.13. The lowest BCUT2D eigenvalue weighted by Crippen LogP contribution is -2.58. The number of likely N-dealkylation sites (N-methyl/N-ethyl adjacent to an activating group) is 1. The van der Waals surface area contributed by atoms with Crippen molar-refractivity contribution in [1.29, 1.82) is 0 Å². The topological polar surface area (TPSA) is 46.3 Å². The van der Waals surface area contributed by atoms with Crippen LogP contribution >= 0.6 is 0 Å². The fourth-order valence-electron chi connectivity index (χ4n) is 5.70. The minimum absolute atomic E-state index is 0.0446. The lowest BCUT2D eigenvalue weighted by atomic mass is 9.44. The third-order valence-electron chi connectivity index (χ3n) is 6.13. The maximum Gasteiger partial charge on any atom is 0.228 e. The van der Waals surface area contributed by atoms with E-state index in [9.17, 15) is 4.79 Å². The molecule has 0 aromatic carbocycles. The normalized spacial score (nSPS) is 45.3. The molecule has 0 aromatic rings. The molecular formula is C16H28N2O. The van der Waals surface area contributed by atoms with Crippen LogP contribution in [0.4, 0.5) is 0 Å². The van der Waals surface area contributed by atoms with Gasteiger partial charge >= 0.3 is 0 Å². The Morgan fingerprint density at radius 2 is 1.89 bits per heavy atom. The molecule has 3 unspecified atom stereocenters. The second kappa shape index (κ2) is 4.21. The lowest BCUT2D eigenvalue weighted by molar-refractivity contribution is -0.166. The largest absolute Gasteiger partial charge is 0.341 e. The fourth-order valence-corrected chi connectivity index (χ4v) is 5.70. The highest BCUT2D eigenvalue weighted by Crippen LogP contribution is 2.65. The number of carbonyl (C=O) groups is 1. The van der Waals surface area contributed by atoms with Crippen LogP contribution in [-0.4, -0.2) is 30.4 Å². The minimum atomic E-state index is -0.0446. The van der Waals surface area contributed by atoms with Crippen molar-refractivity contribution in [2.24, 2.45) is 28.4 Å². The maximum atomic E-state index is 13.0. The summed E-state index contributed by atoms with van der Waals surface area (Å²) in [5.74, 6) is 1.99. The van der Waals surface area contributed by atoms with Gasteiger partial charge in [0.15, 0.2) is 0 Å². The molecule has 0 radical (unpaired) electrons. The number of rotatable bonds is 3. The molecule has 19 heavy (non-hydrogen) atoms. The molecule has 4 saturated carbocycles. The summed E-state index contributed by atoms with van der Waals surface area (Å²) < 4.78 is 0. The predicted octanol–water partition coefficient (Wildman–Crippen LogP) is 2.40. The second-order valence-electron chi connectivity index (χ2n) is 8.05. The minimum Gasteiger partial charge on any atom is -0.341 e. The van der Waals surface area contributed by atoms with E-state index < -0.39 is 0 Å². The molecule has 4 fully saturated rings. The molecule has 1 amide bonds. The number of hydrogen-bond acceptors (Lipinski definition) is 2. The van der Waals surface area contributed by atoms with E-state index in [2.05, 4.69) is 13.8 Å². The zero-order chi connectivity index (χ0) is 13.8. The van der Waals surface area contributed by atoms with Gasteiger partial charge in [0, 0.05) is 19.6 Å². The summed E-state index contributed by atoms with van der Waals surface area (Å²) in [6, 6.07) is 0.160. The van der Waals surface area contributed by atoms with Gasteiger partial charge in [0.05, 0.1) is 5.41 Å². The molecule has 0 saturated heterocycles. The predicted molar refractivity (Wildman–Crippen MR) is 76.5 cm³/mol. The van der Waals surface area contributed by atoms with Crippen molar-refractivity contribution >= 4 is 5.91 Å². The van der Waals surface area contributed by atoms with Gasteiger partial charge in [0.25, 0.3) is 0 Å². The number of amides is 1. The van der Waals surface area contributed by atoms with Gasteiger partial charge < -0.3 is 10.6 Å². The van der Waals surface area contributed by atoms with Gasteiger partial charge in [-0.2, -0.15) is 0 Å². The summed E-state index contributed by atoms with van der Waals surface area (Å²) in [7, 11) is 1.95. The van der Waals surface area contributed by atoms with E-state index >= 15 is 0 Å². The van der Waals surface area contributed by atoms with Gasteiger partial charge in [-0.3, -0.25) is 4.79 Å². The Hall–Kier alpha value is -0.570. The molecule has 0 heterocycles. The number of nitrogens with two attached hydrogens (primary N) is 1. The summed E-state index contributed by atoms with van der Waals surface area (Å²) in [6.45, 7) is 5.03. The van der Waals surface area contributed by atoms with Gasteiger partial charge in [-0.1, -0.05) is 6.92 Å². The summed E-state index contributed by atoms with van der Waals surface area (Å²) in [5.41, 5.74) is 6.13. The van der Waals surface area contributed by atoms with E-state index in [1.54, 1.807) is 0 Å². The average Bonchev–Trinajstić information content (AvgIpc) is 2.33. The van der Waals surface area contributed by atoms with Gasteiger partial charge in [-0.25, -0.2) is 0 Å². The molecule has 0 spiro atoms. The highest BCUT2D eigenvalue weighted by atomic mass is 16.2. The summed E-state index contributed by atoms with van der Waals surface area (Å²) >= 11 is 0. The summed E-state index contributed by atoms with van der Waals surface area (Å²) in [4.78, 5) is 14.9. The molecule has 4 aliphatic carbocycles. The van der Waals surface area contributed by atoms with Crippen LogP contribution in [0.25, 0.3) is 0 Å². The van der Waals surface area contributed by atoms with Crippen LogP contribution in [0.1, 0.15) is 52.4 Å². The van der Waals surface area contributed by atoms with Crippen molar-refractivity contribution in [2.75, 3.05) is 13.6 Å². The first kappa shape index (κ1) is 13.4. The Morgan fingerprint density at radius 3 is 2.37 bits per heavy atom. The van der Waals surface area contributed by atoms with E-state index in [1.165, 1.54) is 19.3 Å². The number of carbonyl (C=O) groups excluding carboxylic acids is 1. The fraction of sp³-hybridized carbons (Fsp3) is 0.938. The first-order valence-electron chi connectivity index (χ1n) is 7.85. The SMILES string of the molecule is CC(CN)N(C)C(=O)C12CC3CC(CC(C)(C3)C1)C2. The van der Waals surface area contributed by atoms with E-state index in [0.29, 0.717) is 17.9 Å². The Balaban J connectivity index is 1.85. The van der Waals surface area contributed by atoms with Crippen LogP contribution in [0.3, 0.4) is 0 Å². The van der Waals surface area contributed by atoms with Crippen LogP contribution in [0.2, 0.25) is 0 Å². The molecule has 3 nitrogen and oxygen atoms in total. The van der Waals surface area contributed by atoms with E-state index in [-0.39, 0.29) is 11.5 Å². The van der Waals surface area contributed by atoms with Crippen molar-refractivity contribution in [3.63, 3.8) is 0 Å². The Labute approximate surface area is 116 Å². The molecule has 4 rings (SSSR count). The molecule has 3 atom stereocenters. The van der Waals surface area contributed by atoms with Crippen LogP contribution in [0.15, 0.2) is 0 Å². The van der Waals surface area contributed by atoms with E-state index in [0.717, 1.165) is 31.1 Å². The van der Waals surface area contributed by atoms with Crippen molar-refractivity contribution < 1.29 is 4.79 Å². The second-order valence-corrected chi connectivity index (χ2v) is 8.05. The molecule has 3 heteroatoms. The molecule has 2 N–H and O–H groups in total. The summed E-state index contributed by atoms with van der Waals surface area (Å²) in [6.07, 6.45) is 7.48. The Kier molecular flexibility index (Phi) is 2.97. The van der Waals surface area contributed by atoms with E-state index in [4.69, 9.17) is 5.73 Å². The highest BCUT2D eigenvalue weighted by Gasteiger charge is 2.59. The molecule has 108 valence electrons. The first-order valence-corrected chi connectivity index (χ1v) is 7.85. The molecule has 0 aliphatic heterocycles. The van der Waals surface area contributed by atoms with Gasteiger partial charge in [-0.15, -0.1) is 0 Å². The van der Waals surface area contributed by atoms with Crippen LogP contribution in [-0.2, 0) is 4.79 Å². The smallest absolute Gasteiger partial charge is 0.228 e. The lowest BCUT2D eigenvalue weighted by Gasteiger charge is -2.61. The van der Waals surface area contributed by atoms with Crippen molar-refractivity contribution in [3.05, 3.63) is 0 Å². The molecule has 0 aromatic heterocycles. The van der Waals surface area contributed by atoms with Gasteiger partial charge in [0.1, 0.15) is 0 Å². The zero-order valence-corrected chi connectivity index (χ0v) is 12.6. The average molecular weight is 264 g/mol.